The minimum Gasteiger partial charge on any atom is -0.335 e. The van der Waals surface area contributed by atoms with Gasteiger partial charge in [0.05, 0.1) is 5.69 Å². The molecule has 1 aromatic carbocycles. The topological polar surface area (TPSA) is 53.7 Å². The summed E-state index contributed by atoms with van der Waals surface area (Å²) >= 11 is 0. The monoisotopic (exact) mass is 509 g/mol. The number of carbonyl (C=O) groups excluding carboxylic acids is 1. The summed E-state index contributed by atoms with van der Waals surface area (Å²) in [5.41, 5.74) is 0.151. The molecule has 5 fully saturated rings. The number of carbonyl (C=O) groups is 1. The van der Waals surface area contributed by atoms with Crippen LogP contribution in [0.5, 0.6) is 0 Å². The molecule has 0 radical (unpaired) electrons. The summed E-state index contributed by atoms with van der Waals surface area (Å²) in [6.07, 6.45) is 3.40. The standard InChI is InChI=1S/C28H30F3N5O/c29-28(30,31)24-13-22(21-4-2-1-3-5-21)32-25-14-23(33-36(24)25)26(37)34-6-8-35(9-7-34)27-15-18-10-19(16-27)12-20(11-18)17-27/h1-5,13-14,18-20H,6-12,15-17H2. The van der Waals surface area contributed by atoms with Crippen LogP contribution < -0.4 is 0 Å². The number of piperazine rings is 1. The normalized spacial score (nSPS) is 29.8. The van der Waals surface area contributed by atoms with Gasteiger partial charge < -0.3 is 4.90 Å². The second kappa shape index (κ2) is 8.28. The van der Waals surface area contributed by atoms with Gasteiger partial charge in [-0.15, -0.1) is 0 Å². The maximum atomic E-state index is 13.9. The van der Waals surface area contributed by atoms with Crippen LogP contribution in [-0.4, -0.2) is 62.0 Å². The zero-order chi connectivity index (χ0) is 25.4. The molecule has 0 unspecified atom stereocenters. The minimum atomic E-state index is -4.64. The number of hydrogen-bond acceptors (Lipinski definition) is 4. The van der Waals surface area contributed by atoms with E-state index in [4.69, 9.17) is 0 Å². The number of aromatic nitrogens is 3. The highest BCUT2D eigenvalue weighted by atomic mass is 19.4. The van der Waals surface area contributed by atoms with Crippen LogP contribution in [0.25, 0.3) is 16.9 Å². The molecule has 6 nitrogen and oxygen atoms in total. The minimum absolute atomic E-state index is 0.00599. The van der Waals surface area contributed by atoms with Crippen molar-refractivity contribution in [2.24, 2.45) is 17.8 Å². The fourth-order valence-electron chi connectivity index (χ4n) is 8.04. The molecule has 2 aromatic heterocycles. The Morgan fingerprint density at radius 2 is 1.51 bits per heavy atom. The van der Waals surface area contributed by atoms with Gasteiger partial charge in [-0.05, 0) is 62.3 Å². The molecule has 1 saturated heterocycles. The van der Waals surface area contributed by atoms with E-state index >= 15 is 0 Å². The molecule has 4 saturated carbocycles. The largest absolute Gasteiger partial charge is 0.433 e. The number of fused-ring (bicyclic) bond motifs is 1. The van der Waals surface area contributed by atoms with E-state index < -0.39 is 11.9 Å². The van der Waals surface area contributed by atoms with Crippen molar-refractivity contribution in [1.82, 2.24) is 24.4 Å². The van der Waals surface area contributed by atoms with Crippen LogP contribution in [0.1, 0.15) is 54.7 Å². The van der Waals surface area contributed by atoms with Crippen molar-refractivity contribution in [3.63, 3.8) is 0 Å². The van der Waals surface area contributed by atoms with Crippen LogP contribution in [-0.2, 0) is 6.18 Å². The molecule has 0 N–H and O–H groups in total. The van der Waals surface area contributed by atoms with Gasteiger partial charge in [0.2, 0.25) is 0 Å². The predicted octanol–water partition coefficient (Wildman–Crippen LogP) is 5.14. The number of alkyl halides is 3. The summed E-state index contributed by atoms with van der Waals surface area (Å²) in [6, 6.07) is 11.1. The highest BCUT2D eigenvalue weighted by Crippen LogP contribution is 2.57. The third kappa shape index (κ3) is 3.93. The van der Waals surface area contributed by atoms with E-state index in [9.17, 15) is 18.0 Å². The van der Waals surface area contributed by atoms with E-state index in [0.717, 1.165) is 41.4 Å². The van der Waals surface area contributed by atoms with Gasteiger partial charge in [-0.1, -0.05) is 30.3 Å². The van der Waals surface area contributed by atoms with Crippen molar-refractivity contribution in [1.29, 1.82) is 0 Å². The van der Waals surface area contributed by atoms with E-state index in [-0.39, 0.29) is 22.9 Å². The number of nitrogens with zero attached hydrogens (tertiary/aromatic N) is 5. The van der Waals surface area contributed by atoms with Crippen molar-refractivity contribution >= 4 is 11.6 Å². The van der Waals surface area contributed by atoms with E-state index in [1.165, 1.54) is 44.6 Å². The lowest BCUT2D eigenvalue weighted by Crippen LogP contribution is -2.64. The number of rotatable bonds is 3. The molecule has 4 bridgehead atoms. The van der Waals surface area contributed by atoms with E-state index in [1.54, 1.807) is 35.2 Å². The molecule has 9 heteroatoms. The van der Waals surface area contributed by atoms with Gasteiger partial charge in [-0.3, -0.25) is 9.69 Å². The summed E-state index contributed by atoms with van der Waals surface area (Å²) in [6.45, 7) is 2.78. The predicted molar refractivity (Wildman–Crippen MR) is 132 cm³/mol. The molecule has 8 rings (SSSR count). The fraction of sp³-hybridized carbons (Fsp3) is 0.536. The quantitative estimate of drug-likeness (QED) is 0.491. The number of hydrogen-bond donors (Lipinski definition) is 0. The molecule has 5 aliphatic rings. The summed E-state index contributed by atoms with van der Waals surface area (Å²) in [7, 11) is 0. The van der Waals surface area contributed by atoms with Crippen LogP contribution in [0.4, 0.5) is 13.2 Å². The van der Waals surface area contributed by atoms with Gasteiger partial charge in [-0.25, -0.2) is 9.50 Å². The second-order valence-electron chi connectivity index (χ2n) is 11.6. The molecule has 1 aliphatic heterocycles. The van der Waals surface area contributed by atoms with Gasteiger partial charge in [0, 0.05) is 43.3 Å². The Hall–Kier alpha value is -2.94. The van der Waals surface area contributed by atoms with E-state index in [0.29, 0.717) is 24.2 Å². The molecule has 0 spiro atoms. The summed E-state index contributed by atoms with van der Waals surface area (Å²) < 4.78 is 42.6. The van der Waals surface area contributed by atoms with Gasteiger partial charge in [0.15, 0.2) is 17.0 Å². The number of benzene rings is 1. The first-order valence-corrected chi connectivity index (χ1v) is 13.4. The van der Waals surface area contributed by atoms with Gasteiger partial charge in [0.25, 0.3) is 5.91 Å². The Kier molecular flexibility index (Phi) is 5.19. The van der Waals surface area contributed by atoms with Crippen LogP contribution in [0.15, 0.2) is 42.5 Å². The smallest absolute Gasteiger partial charge is 0.335 e. The molecule has 3 aromatic rings. The van der Waals surface area contributed by atoms with E-state index in [1.807, 2.05) is 0 Å². The number of halogens is 3. The van der Waals surface area contributed by atoms with Crippen molar-refractivity contribution in [2.45, 2.75) is 50.2 Å². The Bertz CT molecular complexity index is 1310. The van der Waals surface area contributed by atoms with Crippen molar-refractivity contribution in [2.75, 3.05) is 26.2 Å². The molecule has 37 heavy (non-hydrogen) atoms. The van der Waals surface area contributed by atoms with Crippen molar-refractivity contribution in [3.8, 4) is 11.3 Å². The summed E-state index contributed by atoms with van der Waals surface area (Å²) in [4.78, 5) is 22.1. The summed E-state index contributed by atoms with van der Waals surface area (Å²) in [5, 5.41) is 4.09. The Morgan fingerprint density at radius 3 is 2.11 bits per heavy atom. The molecule has 3 heterocycles. The van der Waals surface area contributed by atoms with E-state index in [2.05, 4.69) is 15.0 Å². The van der Waals surface area contributed by atoms with Crippen molar-refractivity contribution < 1.29 is 18.0 Å². The molecular weight excluding hydrogens is 479 g/mol. The highest BCUT2D eigenvalue weighted by molar-refractivity contribution is 5.93. The Morgan fingerprint density at radius 1 is 0.892 bits per heavy atom. The molecule has 0 atom stereocenters. The first kappa shape index (κ1) is 23.2. The maximum absolute atomic E-state index is 13.9. The lowest BCUT2D eigenvalue weighted by molar-refractivity contribution is -0.142. The lowest BCUT2D eigenvalue weighted by atomic mass is 9.52. The zero-order valence-electron chi connectivity index (χ0n) is 20.6. The highest BCUT2D eigenvalue weighted by Gasteiger charge is 2.53. The second-order valence-corrected chi connectivity index (χ2v) is 11.6. The molecule has 1 amide bonds. The SMILES string of the molecule is O=C(c1cc2nc(-c3ccccc3)cc(C(F)(F)F)n2n1)N1CCN(C23CC4CC(CC(C4)C2)C3)CC1. The van der Waals surface area contributed by atoms with Gasteiger partial charge >= 0.3 is 6.18 Å². The molecular formula is C28H30F3N5O. The van der Waals surface area contributed by atoms with Gasteiger partial charge in [0.1, 0.15) is 0 Å². The molecule has 194 valence electrons. The maximum Gasteiger partial charge on any atom is 0.433 e. The third-order valence-corrected chi connectivity index (χ3v) is 9.25. The van der Waals surface area contributed by atoms with Crippen LogP contribution in [0.2, 0.25) is 0 Å². The lowest BCUT2D eigenvalue weighted by Gasteiger charge is -2.61. The first-order valence-electron chi connectivity index (χ1n) is 13.4. The van der Waals surface area contributed by atoms with Gasteiger partial charge in [-0.2, -0.15) is 18.3 Å². The summed E-state index contributed by atoms with van der Waals surface area (Å²) in [5.74, 6) is 2.25. The first-order chi connectivity index (χ1) is 17.8. The average Bonchev–Trinajstić information content (AvgIpc) is 3.31. The Balaban J connectivity index is 1.13. The van der Waals surface area contributed by atoms with Crippen LogP contribution >= 0.6 is 0 Å². The van der Waals surface area contributed by atoms with Crippen LogP contribution in [0, 0.1) is 17.8 Å². The Labute approximate surface area is 213 Å². The van der Waals surface area contributed by atoms with Crippen molar-refractivity contribution in [3.05, 3.63) is 53.9 Å². The zero-order valence-corrected chi connectivity index (χ0v) is 20.6. The molecule has 4 aliphatic carbocycles. The average molecular weight is 510 g/mol. The fourth-order valence-corrected chi connectivity index (χ4v) is 8.04. The number of amides is 1. The van der Waals surface area contributed by atoms with Crippen LogP contribution in [0.3, 0.4) is 0 Å². The third-order valence-electron chi connectivity index (χ3n) is 9.25.